The van der Waals surface area contributed by atoms with Gasteiger partial charge in [-0.1, -0.05) is 23.4 Å². The molecule has 3 rings (SSSR count). The van der Waals surface area contributed by atoms with E-state index in [0.29, 0.717) is 11.3 Å². The van der Waals surface area contributed by atoms with Crippen molar-refractivity contribution in [2.75, 3.05) is 7.11 Å². The van der Waals surface area contributed by atoms with Crippen LogP contribution >= 0.6 is 0 Å². The molecule has 1 aromatic heterocycles. The molecule has 2 aromatic carbocycles. The first-order chi connectivity index (χ1) is 12.2. The fourth-order valence-corrected chi connectivity index (χ4v) is 2.26. The van der Waals surface area contributed by atoms with E-state index in [1.165, 1.54) is 6.08 Å². The van der Waals surface area contributed by atoms with Crippen molar-refractivity contribution in [3.05, 3.63) is 77.6 Å². The van der Waals surface area contributed by atoms with E-state index < -0.39 is 0 Å². The predicted octanol–water partition coefficient (Wildman–Crippen LogP) is 2.66. The summed E-state index contributed by atoms with van der Waals surface area (Å²) in [5, 5.41) is 16.8. The van der Waals surface area contributed by atoms with Crippen LogP contribution in [0.5, 0.6) is 5.75 Å². The van der Waals surface area contributed by atoms with Crippen LogP contribution in [0.15, 0.2) is 60.8 Å². The van der Waals surface area contributed by atoms with Gasteiger partial charge in [-0.2, -0.15) is 0 Å². The summed E-state index contributed by atoms with van der Waals surface area (Å²) in [6.45, 7) is -0.160. The van der Waals surface area contributed by atoms with E-state index in [1.54, 1.807) is 48.3 Å². The van der Waals surface area contributed by atoms with Gasteiger partial charge in [0.15, 0.2) is 5.78 Å². The maximum atomic E-state index is 12.3. The fraction of sp³-hybridized carbons (Fsp3) is 0.105. The van der Waals surface area contributed by atoms with Gasteiger partial charge in [0.2, 0.25) is 0 Å². The number of aliphatic hydroxyl groups excluding tert-OH is 1. The second kappa shape index (κ2) is 7.55. The van der Waals surface area contributed by atoms with Gasteiger partial charge >= 0.3 is 0 Å². The van der Waals surface area contributed by atoms with Crippen molar-refractivity contribution in [3.63, 3.8) is 0 Å². The van der Waals surface area contributed by atoms with Crippen LogP contribution in [0.4, 0.5) is 0 Å². The summed E-state index contributed by atoms with van der Waals surface area (Å²) in [5.74, 6) is 0.688. The maximum Gasteiger partial charge on any atom is 0.185 e. The highest BCUT2D eigenvalue weighted by atomic mass is 16.5. The molecule has 0 bridgehead atoms. The third kappa shape index (κ3) is 3.99. The fourth-order valence-electron chi connectivity index (χ4n) is 2.26. The normalized spacial score (nSPS) is 11.0. The van der Waals surface area contributed by atoms with E-state index >= 15 is 0 Å². The number of carbonyl (C=O) groups excluding carboxylic acids is 1. The van der Waals surface area contributed by atoms with Crippen LogP contribution in [0.1, 0.15) is 21.6 Å². The summed E-state index contributed by atoms with van der Waals surface area (Å²) < 4.78 is 6.65. The summed E-state index contributed by atoms with van der Waals surface area (Å²) >= 11 is 0. The molecule has 0 radical (unpaired) electrons. The van der Waals surface area contributed by atoms with Crippen molar-refractivity contribution < 1.29 is 14.6 Å². The zero-order chi connectivity index (χ0) is 17.6. The quantitative estimate of drug-likeness (QED) is 0.553. The van der Waals surface area contributed by atoms with Gasteiger partial charge in [0.05, 0.1) is 25.6 Å². The van der Waals surface area contributed by atoms with Crippen LogP contribution in [-0.4, -0.2) is 33.0 Å². The zero-order valence-electron chi connectivity index (χ0n) is 13.7. The second-order valence-corrected chi connectivity index (χ2v) is 5.33. The molecule has 0 atom stereocenters. The number of carbonyl (C=O) groups is 1. The molecular formula is C19H17N3O3. The van der Waals surface area contributed by atoms with Crippen molar-refractivity contribution in [1.29, 1.82) is 0 Å². The maximum absolute atomic E-state index is 12.3. The Hall–Kier alpha value is -3.25. The molecule has 1 heterocycles. The summed E-state index contributed by atoms with van der Waals surface area (Å²) in [4.78, 5) is 12.3. The van der Waals surface area contributed by atoms with Gasteiger partial charge in [0.1, 0.15) is 11.4 Å². The number of ether oxygens (including phenoxy) is 1. The molecule has 0 fully saturated rings. The Morgan fingerprint density at radius 2 is 1.88 bits per heavy atom. The molecule has 0 saturated heterocycles. The lowest BCUT2D eigenvalue weighted by molar-refractivity contribution is 0.104. The first kappa shape index (κ1) is 16.6. The van der Waals surface area contributed by atoms with Crippen molar-refractivity contribution in [2.45, 2.75) is 6.61 Å². The monoisotopic (exact) mass is 335 g/mol. The highest BCUT2D eigenvalue weighted by molar-refractivity contribution is 6.06. The Balaban J connectivity index is 1.70. The Bertz CT molecular complexity index is 881. The second-order valence-electron chi connectivity index (χ2n) is 5.33. The molecule has 3 aromatic rings. The third-order valence-electron chi connectivity index (χ3n) is 3.66. The molecule has 0 unspecified atom stereocenters. The number of ketones is 1. The van der Waals surface area contributed by atoms with Gasteiger partial charge in [0, 0.05) is 5.56 Å². The van der Waals surface area contributed by atoms with Gasteiger partial charge < -0.3 is 9.84 Å². The average Bonchev–Trinajstić information content (AvgIpc) is 3.16. The number of methoxy groups -OCH3 is 1. The minimum absolute atomic E-state index is 0.0861. The molecule has 0 aliphatic rings. The molecule has 0 amide bonds. The summed E-state index contributed by atoms with van der Waals surface area (Å²) in [5.41, 5.74) is 2.76. The van der Waals surface area contributed by atoms with Gasteiger partial charge in [-0.3, -0.25) is 4.79 Å². The van der Waals surface area contributed by atoms with Gasteiger partial charge in [-0.25, -0.2) is 4.68 Å². The molecular weight excluding hydrogens is 318 g/mol. The molecule has 6 nitrogen and oxygen atoms in total. The Labute approximate surface area is 145 Å². The summed E-state index contributed by atoms with van der Waals surface area (Å²) in [7, 11) is 1.61. The predicted molar refractivity (Wildman–Crippen MR) is 93.6 cm³/mol. The highest BCUT2D eigenvalue weighted by Crippen LogP contribution is 2.14. The smallest absolute Gasteiger partial charge is 0.185 e. The Kier molecular flexibility index (Phi) is 5.01. The van der Waals surface area contributed by atoms with Crippen molar-refractivity contribution >= 4 is 11.9 Å². The van der Waals surface area contributed by atoms with E-state index in [9.17, 15) is 4.79 Å². The first-order valence-corrected chi connectivity index (χ1v) is 7.68. The first-order valence-electron chi connectivity index (χ1n) is 7.68. The average molecular weight is 335 g/mol. The third-order valence-corrected chi connectivity index (χ3v) is 3.66. The number of aliphatic hydroxyl groups is 1. The van der Waals surface area contributed by atoms with Gasteiger partial charge in [-0.05, 0) is 48.0 Å². The van der Waals surface area contributed by atoms with Crippen molar-refractivity contribution in [1.82, 2.24) is 15.0 Å². The van der Waals surface area contributed by atoms with E-state index in [2.05, 4.69) is 10.3 Å². The lowest BCUT2D eigenvalue weighted by atomic mass is 10.1. The SMILES string of the molecule is COc1ccc(C=CC(=O)c2ccc(-n3cc(CO)nn3)cc2)cc1. The van der Waals surface area contributed by atoms with Gasteiger partial charge in [0.25, 0.3) is 0 Å². The number of benzene rings is 2. The van der Waals surface area contributed by atoms with Crippen molar-refractivity contribution in [2.24, 2.45) is 0 Å². The number of aromatic nitrogens is 3. The molecule has 126 valence electrons. The number of allylic oxidation sites excluding steroid dienone is 1. The van der Waals surface area contributed by atoms with Crippen LogP contribution in [0.25, 0.3) is 11.8 Å². The number of hydrogen-bond acceptors (Lipinski definition) is 5. The molecule has 25 heavy (non-hydrogen) atoms. The Morgan fingerprint density at radius 3 is 2.48 bits per heavy atom. The molecule has 6 heteroatoms. The zero-order valence-corrected chi connectivity index (χ0v) is 13.7. The van der Waals surface area contributed by atoms with E-state index in [0.717, 1.165) is 17.0 Å². The number of rotatable bonds is 6. The molecule has 0 spiro atoms. The Morgan fingerprint density at radius 1 is 1.16 bits per heavy atom. The van der Waals surface area contributed by atoms with Crippen LogP contribution in [0.3, 0.4) is 0 Å². The lowest BCUT2D eigenvalue weighted by Gasteiger charge is -2.01. The molecule has 0 aliphatic carbocycles. The van der Waals surface area contributed by atoms with Crippen LogP contribution < -0.4 is 4.74 Å². The van der Waals surface area contributed by atoms with Crippen molar-refractivity contribution in [3.8, 4) is 11.4 Å². The number of nitrogens with zero attached hydrogens (tertiary/aromatic N) is 3. The molecule has 0 saturated carbocycles. The van der Waals surface area contributed by atoms with Gasteiger partial charge in [-0.15, -0.1) is 5.10 Å². The summed E-state index contributed by atoms with van der Waals surface area (Å²) in [6, 6.07) is 14.5. The highest BCUT2D eigenvalue weighted by Gasteiger charge is 2.05. The lowest BCUT2D eigenvalue weighted by Crippen LogP contribution is -1.98. The standard InChI is InChI=1S/C19H17N3O3/c1-25-18-9-2-14(3-10-18)4-11-19(24)15-5-7-17(8-6-15)22-12-16(13-23)20-21-22/h2-12,23H,13H2,1H3. The van der Waals surface area contributed by atoms with Crippen LogP contribution in [0, 0.1) is 0 Å². The van der Waals surface area contributed by atoms with E-state index in [4.69, 9.17) is 9.84 Å². The van der Waals surface area contributed by atoms with E-state index in [1.807, 2.05) is 24.3 Å². The molecule has 0 aliphatic heterocycles. The summed E-state index contributed by atoms with van der Waals surface area (Å²) in [6.07, 6.45) is 4.94. The topological polar surface area (TPSA) is 77.2 Å². The largest absolute Gasteiger partial charge is 0.497 e. The van der Waals surface area contributed by atoms with Crippen LogP contribution in [-0.2, 0) is 6.61 Å². The van der Waals surface area contributed by atoms with Crippen LogP contribution in [0.2, 0.25) is 0 Å². The minimum atomic E-state index is -0.160. The number of hydrogen-bond donors (Lipinski definition) is 1. The molecule has 1 N–H and O–H groups in total. The minimum Gasteiger partial charge on any atom is -0.497 e. The van der Waals surface area contributed by atoms with E-state index in [-0.39, 0.29) is 12.4 Å².